The third-order valence-corrected chi connectivity index (χ3v) is 5.87. The molecule has 0 radical (unpaired) electrons. The molecule has 2 heterocycles. The van der Waals surface area contributed by atoms with E-state index in [-0.39, 0.29) is 11.8 Å². The molecule has 174 valence electrons. The predicted octanol–water partition coefficient (Wildman–Crippen LogP) is 6.16. The van der Waals surface area contributed by atoms with Crippen molar-refractivity contribution in [1.82, 2.24) is 15.1 Å². The normalized spacial score (nSPS) is 11.3. The molecule has 0 fully saturated rings. The van der Waals surface area contributed by atoms with Crippen LogP contribution in [-0.4, -0.2) is 21.0 Å². The van der Waals surface area contributed by atoms with E-state index in [0.29, 0.717) is 35.3 Å². The average molecular weight is 475 g/mol. The summed E-state index contributed by atoms with van der Waals surface area (Å²) in [7, 11) is 0. The maximum Gasteiger partial charge on any atom is 0.260 e. The van der Waals surface area contributed by atoms with Crippen LogP contribution in [0, 0.1) is 13.8 Å². The third-order valence-electron chi connectivity index (χ3n) is 5.05. The number of rotatable bonds is 8. The van der Waals surface area contributed by atoms with Crippen LogP contribution in [0.25, 0.3) is 17.5 Å². The van der Waals surface area contributed by atoms with Gasteiger partial charge in [-0.25, -0.2) is 4.98 Å². The van der Waals surface area contributed by atoms with Crippen molar-refractivity contribution in [2.75, 3.05) is 5.32 Å². The number of anilines is 1. The average Bonchev–Trinajstić information content (AvgIpc) is 3.47. The van der Waals surface area contributed by atoms with E-state index in [1.165, 1.54) is 6.08 Å². The number of nitrogens with zero attached hydrogens (tertiary/aromatic N) is 3. The summed E-state index contributed by atoms with van der Waals surface area (Å²) < 4.78 is 11.3. The lowest BCUT2D eigenvalue weighted by Gasteiger charge is -2.10. The van der Waals surface area contributed by atoms with Gasteiger partial charge in [-0.2, -0.15) is 4.98 Å². The highest BCUT2D eigenvalue weighted by Gasteiger charge is 2.17. The van der Waals surface area contributed by atoms with Crippen molar-refractivity contribution >= 4 is 29.0 Å². The van der Waals surface area contributed by atoms with Gasteiger partial charge in [0.2, 0.25) is 5.91 Å². The summed E-state index contributed by atoms with van der Waals surface area (Å²) in [6, 6.07) is 13.2. The van der Waals surface area contributed by atoms with Gasteiger partial charge in [-0.05, 0) is 49.2 Å². The van der Waals surface area contributed by atoms with Gasteiger partial charge < -0.3 is 14.6 Å². The zero-order valence-electron chi connectivity index (χ0n) is 19.5. The van der Waals surface area contributed by atoms with Crippen LogP contribution >= 0.6 is 11.3 Å². The largest absolute Gasteiger partial charge is 0.487 e. The van der Waals surface area contributed by atoms with Crippen LogP contribution in [0.4, 0.5) is 5.69 Å². The summed E-state index contributed by atoms with van der Waals surface area (Å²) in [6.45, 7) is 8.29. The van der Waals surface area contributed by atoms with Gasteiger partial charge in [0.15, 0.2) is 5.82 Å². The van der Waals surface area contributed by atoms with Crippen LogP contribution in [-0.2, 0) is 11.4 Å². The molecule has 0 aliphatic heterocycles. The van der Waals surface area contributed by atoms with Crippen LogP contribution in [0.1, 0.15) is 47.4 Å². The number of hydrogen-bond donors (Lipinski definition) is 1. The number of amides is 1. The third kappa shape index (κ3) is 5.77. The van der Waals surface area contributed by atoms with Gasteiger partial charge in [0.1, 0.15) is 12.4 Å². The monoisotopic (exact) mass is 474 g/mol. The van der Waals surface area contributed by atoms with Crippen LogP contribution in [0.5, 0.6) is 5.75 Å². The number of para-hydroxylation sites is 1. The Balaban J connectivity index is 1.45. The molecular weight excluding hydrogens is 448 g/mol. The zero-order valence-corrected chi connectivity index (χ0v) is 20.3. The lowest BCUT2D eigenvalue weighted by atomic mass is 10.1. The minimum absolute atomic E-state index is 0.147. The molecule has 4 rings (SSSR count). The molecule has 34 heavy (non-hydrogen) atoms. The molecule has 0 aliphatic rings. The van der Waals surface area contributed by atoms with Crippen molar-refractivity contribution in [1.29, 1.82) is 0 Å². The zero-order chi connectivity index (χ0) is 24.1. The lowest BCUT2D eigenvalue weighted by molar-refractivity contribution is -0.111. The molecule has 0 unspecified atom stereocenters. The Morgan fingerprint density at radius 2 is 2.00 bits per heavy atom. The van der Waals surface area contributed by atoms with Crippen molar-refractivity contribution in [2.45, 2.75) is 40.2 Å². The standard InChI is InChI=1S/C26H26N4O3S/c1-16(2)25-29-26(33-30-25)22-10-5-7-17(3)24(22)28-23(31)12-11-19-8-6-9-21(13-19)32-14-20-15-34-18(4)27-20/h5-13,15-16H,14H2,1-4H3,(H,28,31)/b12-11+. The number of aromatic nitrogens is 3. The summed E-state index contributed by atoms with van der Waals surface area (Å²) in [5, 5.41) is 9.99. The van der Waals surface area contributed by atoms with E-state index in [9.17, 15) is 4.79 Å². The van der Waals surface area contributed by atoms with Crippen molar-refractivity contribution < 1.29 is 14.1 Å². The van der Waals surface area contributed by atoms with Gasteiger partial charge in [0, 0.05) is 17.4 Å². The molecule has 4 aromatic rings. The molecule has 2 aromatic carbocycles. The molecule has 0 spiro atoms. The maximum absolute atomic E-state index is 12.7. The SMILES string of the molecule is Cc1nc(COc2cccc(/C=C/C(=O)Nc3c(C)cccc3-c3nc(C(C)C)no3)c2)cs1. The van der Waals surface area contributed by atoms with E-state index >= 15 is 0 Å². The predicted molar refractivity (Wildman–Crippen MR) is 134 cm³/mol. The fourth-order valence-electron chi connectivity index (χ4n) is 3.27. The lowest BCUT2D eigenvalue weighted by Crippen LogP contribution is -2.10. The first-order valence-corrected chi connectivity index (χ1v) is 11.8. The van der Waals surface area contributed by atoms with E-state index < -0.39 is 0 Å². The summed E-state index contributed by atoms with van der Waals surface area (Å²) >= 11 is 1.60. The highest BCUT2D eigenvalue weighted by atomic mass is 32.1. The Labute approximate surface area is 202 Å². The first kappa shape index (κ1) is 23.4. The second kappa shape index (κ2) is 10.4. The fraction of sp³-hybridized carbons (Fsp3) is 0.231. The molecular formula is C26H26N4O3S. The van der Waals surface area contributed by atoms with Gasteiger partial charge in [-0.15, -0.1) is 11.3 Å². The van der Waals surface area contributed by atoms with Crippen LogP contribution in [0.2, 0.25) is 0 Å². The number of benzene rings is 2. The topological polar surface area (TPSA) is 90.1 Å². The Morgan fingerprint density at radius 1 is 1.18 bits per heavy atom. The number of hydrogen-bond acceptors (Lipinski definition) is 7. The fourth-order valence-corrected chi connectivity index (χ4v) is 3.86. The molecule has 1 amide bonds. The number of nitrogens with one attached hydrogen (secondary N) is 1. The number of carbonyl (C=O) groups excluding carboxylic acids is 1. The number of ether oxygens (including phenoxy) is 1. The highest BCUT2D eigenvalue weighted by molar-refractivity contribution is 7.09. The second-order valence-corrected chi connectivity index (χ2v) is 9.21. The molecule has 0 atom stereocenters. The van der Waals surface area contributed by atoms with E-state index in [1.54, 1.807) is 17.4 Å². The van der Waals surface area contributed by atoms with Gasteiger partial charge in [0.05, 0.1) is 22.0 Å². The van der Waals surface area contributed by atoms with Gasteiger partial charge in [0.25, 0.3) is 5.89 Å². The van der Waals surface area contributed by atoms with E-state index in [2.05, 4.69) is 20.4 Å². The Bertz CT molecular complexity index is 1320. The molecule has 2 aromatic heterocycles. The van der Waals surface area contributed by atoms with Crippen molar-refractivity contribution in [3.8, 4) is 17.2 Å². The molecule has 0 saturated carbocycles. The summed E-state index contributed by atoms with van der Waals surface area (Å²) in [5.74, 6) is 1.61. The summed E-state index contributed by atoms with van der Waals surface area (Å²) in [5.41, 5.74) is 3.99. The van der Waals surface area contributed by atoms with E-state index in [0.717, 1.165) is 21.8 Å². The highest BCUT2D eigenvalue weighted by Crippen LogP contribution is 2.30. The van der Waals surface area contributed by atoms with Gasteiger partial charge in [-0.3, -0.25) is 4.79 Å². The number of thiazole rings is 1. The van der Waals surface area contributed by atoms with Gasteiger partial charge >= 0.3 is 0 Å². The molecule has 0 bridgehead atoms. The summed E-state index contributed by atoms with van der Waals surface area (Å²) in [4.78, 5) is 21.6. The molecule has 8 heteroatoms. The van der Waals surface area contributed by atoms with E-state index in [1.807, 2.05) is 75.5 Å². The van der Waals surface area contributed by atoms with E-state index in [4.69, 9.17) is 9.26 Å². The Kier molecular flexibility index (Phi) is 7.18. The van der Waals surface area contributed by atoms with Crippen LogP contribution in [0.15, 0.2) is 58.4 Å². The maximum atomic E-state index is 12.7. The quantitative estimate of drug-likeness (QED) is 0.307. The first-order valence-electron chi connectivity index (χ1n) is 11.0. The second-order valence-electron chi connectivity index (χ2n) is 8.15. The van der Waals surface area contributed by atoms with Gasteiger partial charge in [-0.1, -0.05) is 43.3 Å². The number of aryl methyl sites for hydroxylation is 2. The smallest absolute Gasteiger partial charge is 0.260 e. The minimum Gasteiger partial charge on any atom is -0.487 e. The minimum atomic E-state index is -0.261. The Morgan fingerprint density at radius 3 is 2.74 bits per heavy atom. The van der Waals surface area contributed by atoms with Crippen molar-refractivity contribution in [3.63, 3.8) is 0 Å². The molecule has 7 nitrogen and oxygen atoms in total. The van der Waals surface area contributed by atoms with Crippen LogP contribution in [0.3, 0.4) is 0 Å². The first-order chi connectivity index (χ1) is 16.4. The molecule has 0 aliphatic carbocycles. The van der Waals surface area contributed by atoms with Crippen LogP contribution < -0.4 is 10.1 Å². The van der Waals surface area contributed by atoms with Crippen molar-refractivity contribution in [2.24, 2.45) is 0 Å². The summed E-state index contributed by atoms with van der Waals surface area (Å²) in [6.07, 6.45) is 3.24. The molecule has 0 saturated heterocycles. The molecule has 1 N–H and O–H groups in total. The van der Waals surface area contributed by atoms with Crippen molar-refractivity contribution in [3.05, 3.63) is 81.6 Å². The number of carbonyl (C=O) groups is 1. The Hall–Kier alpha value is -3.78.